The van der Waals surface area contributed by atoms with Crippen molar-refractivity contribution >= 4 is 12.1 Å². The van der Waals surface area contributed by atoms with Crippen LogP contribution in [0.15, 0.2) is 91.0 Å². The Morgan fingerprint density at radius 1 is 0.625 bits per heavy atom. The first-order valence-electron chi connectivity index (χ1n) is 20.6. The number of amides is 4. The lowest BCUT2D eigenvalue weighted by Gasteiger charge is -2.34. The van der Waals surface area contributed by atoms with Crippen molar-refractivity contribution in [1.82, 2.24) is 30.2 Å². The van der Waals surface area contributed by atoms with Crippen LogP contribution in [0, 0.1) is 0 Å². The number of benzene rings is 4. The molecule has 10 nitrogen and oxygen atoms in total. The molecule has 0 aliphatic carbocycles. The van der Waals surface area contributed by atoms with Crippen LogP contribution in [0.25, 0.3) is 11.1 Å². The van der Waals surface area contributed by atoms with Crippen molar-refractivity contribution in [3.05, 3.63) is 130 Å². The van der Waals surface area contributed by atoms with E-state index in [1.54, 1.807) is 0 Å². The second-order valence-electron chi connectivity index (χ2n) is 16.2. The van der Waals surface area contributed by atoms with E-state index >= 15 is 0 Å². The number of fused-ring (bicyclic) bond motifs is 3. The molecule has 0 radical (unpaired) electrons. The van der Waals surface area contributed by atoms with Crippen LogP contribution in [-0.4, -0.2) is 113 Å². The fraction of sp³-hybridized carbons (Fsp3) is 0.435. The third-order valence-electron chi connectivity index (χ3n) is 12.3. The Balaban J connectivity index is 0.820. The Bertz CT molecular complexity index is 2000. The molecule has 4 aliphatic rings. The quantitative estimate of drug-likeness (QED) is 0.178. The van der Waals surface area contributed by atoms with Gasteiger partial charge < -0.3 is 30.6 Å². The predicted molar refractivity (Wildman–Crippen MR) is 219 cm³/mol. The predicted octanol–water partition coefficient (Wildman–Crippen LogP) is 5.15. The summed E-state index contributed by atoms with van der Waals surface area (Å²) >= 11 is 0. The fourth-order valence-corrected chi connectivity index (χ4v) is 9.23. The second kappa shape index (κ2) is 17.6. The summed E-state index contributed by atoms with van der Waals surface area (Å²) in [6.07, 6.45) is 3.42. The molecule has 10 heteroatoms. The van der Waals surface area contributed by atoms with Gasteiger partial charge in [-0.05, 0) is 82.2 Å². The maximum absolute atomic E-state index is 13.3. The van der Waals surface area contributed by atoms with Gasteiger partial charge in [0.15, 0.2) is 0 Å². The number of piperidine rings is 1. The van der Waals surface area contributed by atoms with E-state index in [0.29, 0.717) is 39.3 Å². The number of aliphatic hydroxyl groups excluding tert-OH is 2. The Hall–Kier alpha value is -4.74. The van der Waals surface area contributed by atoms with Crippen LogP contribution in [-0.2, 0) is 38.9 Å². The summed E-state index contributed by atoms with van der Waals surface area (Å²) in [7, 11) is 0. The van der Waals surface area contributed by atoms with E-state index in [9.17, 15) is 19.8 Å². The number of aliphatic hydroxyl groups is 2. The van der Waals surface area contributed by atoms with Crippen molar-refractivity contribution < 1.29 is 19.8 Å². The molecule has 56 heavy (non-hydrogen) atoms. The van der Waals surface area contributed by atoms with Gasteiger partial charge in [0.25, 0.3) is 0 Å². The molecule has 4 N–H and O–H groups in total. The third-order valence-corrected chi connectivity index (χ3v) is 12.3. The lowest BCUT2D eigenvalue weighted by molar-refractivity contribution is 0.102. The number of β-amino-alcohol motifs (C(OH)–C–C–N with tert-alkyl or cyclic N) is 2. The van der Waals surface area contributed by atoms with Crippen LogP contribution in [0.4, 0.5) is 9.59 Å². The van der Waals surface area contributed by atoms with E-state index in [-0.39, 0.29) is 31.1 Å². The number of urea groups is 2. The molecular weight excluding hydrogens is 701 g/mol. The lowest BCUT2D eigenvalue weighted by atomic mass is 9.86. The van der Waals surface area contributed by atoms with Gasteiger partial charge in [-0.15, -0.1) is 0 Å². The van der Waals surface area contributed by atoms with Crippen LogP contribution in [0.2, 0.25) is 0 Å². The van der Waals surface area contributed by atoms with Gasteiger partial charge in [-0.3, -0.25) is 9.80 Å². The van der Waals surface area contributed by atoms with Crippen molar-refractivity contribution in [2.75, 3.05) is 58.9 Å². The van der Waals surface area contributed by atoms with Crippen molar-refractivity contribution in [2.45, 2.75) is 69.9 Å². The van der Waals surface area contributed by atoms with Gasteiger partial charge in [0.1, 0.15) is 0 Å². The first-order chi connectivity index (χ1) is 27.4. The Morgan fingerprint density at radius 2 is 1.21 bits per heavy atom. The highest BCUT2D eigenvalue weighted by atomic mass is 16.3. The summed E-state index contributed by atoms with van der Waals surface area (Å²) in [5.74, 6) is 0.229. The number of nitrogens with one attached hydrogen (secondary N) is 2. The lowest BCUT2D eigenvalue weighted by Crippen LogP contribution is -2.48. The molecule has 0 saturated carbocycles. The number of hydrogen-bond donors (Lipinski definition) is 4. The smallest absolute Gasteiger partial charge is 0.317 e. The summed E-state index contributed by atoms with van der Waals surface area (Å²) in [4.78, 5) is 34.8. The zero-order chi connectivity index (χ0) is 38.4. The molecule has 294 valence electrons. The maximum Gasteiger partial charge on any atom is 0.317 e. The average Bonchev–Trinajstić information content (AvgIpc) is 3.24. The SMILES string of the molecule is O=C(NC[C@H](O)CN1CCc2ccccc2C1)N1CCc2c(cccc2-c2cccc([C@@H]3CCCN(C(=O)NC[C@H](O)CN4CCc5ccccc5C4)C3)c2)C1. The normalized spacial score (nSPS) is 19.6. The van der Waals surface area contributed by atoms with E-state index in [1.165, 1.54) is 38.9 Å². The van der Waals surface area contributed by atoms with Crippen molar-refractivity contribution in [3.63, 3.8) is 0 Å². The van der Waals surface area contributed by atoms with Crippen LogP contribution < -0.4 is 10.6 Å². The maximum atomic E-state index is 13.3. The van der Waals surface area contributed by atoms with Gasteiger partial charge in [0.2, 0.25) is 0 Å². The molecule has 0 unspecified atom stereocenters. The van der Waals surface area contributed by atoms with Crippen LogP contribution >= 0.6 is 0 Å². The van der Waals surface area contributed by atoms with Crippen LogP contribution in [0.5, 0.6) is 0 Å². The van der Waals surface area contributed by atoms with Crippen molar-refractivity contribution in [3.8, 4) is 11.1 Å². The number of rotatable bonds is 10. The standard InChI is InChI=1S/C46H56N6O4/c53-41(31-49-21-17-33-8-1-3-10-37(33)27-49)25-47-45(55)51-20-7-15-39(29-51)35-12-5-13-36(24-35)43-16-6-14-40-30-52(23-19-44(40)43)46(56)48-26-42(54)32-50-22-18-34-9-2-4-11-38(34)28-50/h1-6,8-14,16,24,39,41-42,53-54H,7,15,17-23,25-32H2,(H,47,55)(H,48,56)/t39-,41+,42+/m1/s1. The van der Waals surface area contributed by atoms with Gasteiger partial charge in [-0.1, -0.05) is 91.0 Å². The fourth-order valence-electron chi connectivity index (χ4n) is 9.23. The van der Waals surface area contributed by atoms with Gasteiger partial charge in [-0.25, -0.2) is 9.59 Å². The van der Waals surface area contributed by atoms with Gasteiger partial charge in [-0.2, -0.15) is 0 Å². The summed E-state index contributed by atoms with van der Waals surface area (Å²) < 4.78 is 0. The Labute approximate surface area is 331 Å². The molecule has 0 spiro atoms. The molecule has 4 amide bonds. The van der Waals surface area contributed by atoms with E-state index in [4.69, 9.17) is 0 Å². The molecule has 1 fully saturated rings. The highest BCUT2D eigenvalue weighted by Gasteiger charge is 2.28. The third kappa shape index (κ3) is 9.10. The molecular formula is C46H56N6O4. The zero-order valence-electron chi connectivity index (χ0n) is 32.4. The molecule has 8 rings (SSSR count). The highest BCUT2D eigenvalue weighted by molar-refractivity contribution is 5.76. The minimum absolute atomic E-state index is 0.109. The first kappa shape index (κ1) is 38.1. The zero-order valence-corrected chi connectivity index (χ0v) is 32.4. The molecule has 4 aliphatic heterocycles. The largest absolute Gasteiger partial charge is 0.390 e. The first-order valence-corrected chi connectivity index (χ1v) is 20.6. The van der Waals surface area contributed by atoms with Gasteiger partial charge in [0.05, 0.1) is 12.2 Å². The minimum Gasteiger partial charge on any atom is -0.390 e. The van der Waals surface area contributed by atoms with Crippen molar-refractivity contribution in [1.29, 1.82) is 0 Å². The molecule has 4 aromatic carbocycles. The molecule has 4 aromatic rings. The van der Waals surface area contributed by atoms with Gasteiger partial charge >= 0.3 is 12.1 Å². The second-order valence-corrected chi connectivity index (χ2v) is 16.2. The van der Waals surface area contributed by atoms with E-state index in [1.807, 2.05) is 9.80 Å². The van der Waals surface area contributed by atoms with Crippen LogP contribution in [0.3, 0.4) is 0 Å². The highest BCUT2D eigenvalue weighted by Crippen LogP contribution is 2.34. The monoisotopic (exact) mass is 756 g/mol. The van der Waals surface area contributed by atoms with E-state index < -0.39 is 12.2 Å². The summed E-state index contributed by atoms with van der Waals surface area (Å²) in [6.45, 7) is 7.52. The molecule has 1 saturated heterocycles. The summed E-state index contributed by atoms with van der Waals surface area (Å²) in [5.41, 5.74) is 11.4. The Morgan fingerprint density at radius 3 is 1.88 bits per heavy atom. The van der Waals surface area contributed by atoms with E-state index in [2.05, 4.69) is 111 Å². The molecule has 4 heterocycles. The van der Waals surface area contributed by atoms with E-state index in [0.717, 1.165) is 69.4 Å². The molecule has 3 atom stereocenters. The number of carbonyl (C=O) groups excluding carboxylic acids is 2. The number of hydrogen-bond acceptors (Lipinski definition) is 6. The van der Waals surface area contributed by atoms with Crippen molar-refractivity contribution in [2.24, 2.45) is 0 Å². The number of likely N-dealkylation sites (tertiary alicyclic amines) is 1. The van der Waals surface area contributed by atoms with Gasteiger partial charge in [0, 0.05) is 84.5 Å². The molecule has 0 bridgehead atoms. The molecule has 0 aromatic heterocycles. The number of nitrogens with zero attached hydrogens (tertiary/aromatic N) is 4. The number of carbonyl (C=O) groups is 2. The van der Waals surface area contributed by atoms with Crippen LogP contribution in [0.1, 0.15) is 57.7 Å². The minimum atomic E-state index is -0.632. The Kier molecular flexibility index (Phi) is 12.0. The average molecular weight is 757 g/mol. The summed E-state index contributed by atoms with van der Waals surface area (Å²) in [6, 6.07) is 31.8. The summed E-state index contributed by atoms with van der Waals surface area (Å²) in [5, 5.41) is 27.6. The topological polar surface area (TPSA) is 112 Å².